The first-order chi connectivity index (χ1) is 27.1. The lowest BCUT2D eigenvalue weighted by Gasteiger charge is -2.20. The molecule has 4 rings (SSSR count). The molecule has 0 aliphatic heterocycles. The third-order valence-electron chi connectivity index (χ3n) is 10.5. The number of carbonyl (C=O) groups excluding carboxylic acids is 2. The molecule has 0 saturated heterocycles. The molecule has 0 saturated carbocycles. The predicted octanol–water partition coefficient (Wildman–Crippen LogP) is 7.25. The highest BCUT2D eigenvalue weighted by Crippen LogP contribution is 2.35. The van der Waals surface area contributed by atoms with Crippen LogP contribution in [0.5, 0.6) is 11.5 Å². The molecule has 0 aliphatic rings. The van der Waals surface area contributed by atoms with Crippen LogP contribution in [0.3, 0.4) is 0 Å². The van der Waals surface area contributed by atoms with Gasteiger partial charge < -0.3 is 31.1 Å². The number of ketones is 2. The molecule has 0 bridgehead atoms. The molecule has 2 atom stereocenters. The van der Waals surface area contributed by atoms with Gasteiger partial charge in [0, 0.05) is 19.2 Å². The molecule has 0 aliphatic carbocycles. The van der Waals surface area contributed by atoms with E-state index in [1.165, 1.54) is 29.9 Å². The van der Waals surface area contributed by atoms with E-state index in [-0.39, 0.29) is 30.3 Å². The molecule has 4 aromatic rings. The number of nitrogens with two attached hydrogens (primary N) is 1. The van der Waals surface area contributed by atoms with Crippen molar-refractivity contribution in [1.82, 2.24) is 10.3 Å². The minimum Gasteiger partial charge on any atom is -0.504 e. The third-order valence-corrected chi connectivity index (χ3v) is 10.5. The molecular weight excluding hydrogens is 703 g/mol. The number of hydrogen-bond donors (Lipinski definition) is 5. The van der Waals surface area contributed by atoms with Crippen molar-refractivity contribution in [3.8, 4) is 11.5 Å². The Balaban J connectivity index is 1.46. The molecular formula is C47H61N3O6. The number of nitrogens with one attached hydrogen (secondary N) is 1. The van der Waals surface area contributed by atoms with Crippen molar-refractivity contribution in [2.45, 2.75) is 84.0 Å². The number of aliphatic hydroxyl groups excluding tert-OH is 2. The fourth-order valence-electron chi connectivity index (χ4n) is 7.60. The first-order valence-corrected chi connectivity index (χ1v) is 20.0. The van der Waals surface area contributed by atoms with Gasteiger partial charge in [0.25, 0.3) is 0 Å². The maximum atomic E-state index is 13.2. The van der Waals surface area contributed by atoms with Gasteiger partial charge in [-0.25, -0.2) is 4.98 Å². The molecule has 0 amide bonds. The molecule has 1 heterocycles. The summed E-state index contributed by atoms with van der Waals surface area (Å²) in [5, 5.41) is 33.9. The van der Waals surface area contributed by atoms with E-state index in [9.17, 15) is 24.9 Å². The van der Waals surface area contributed by atoms with E-state index in [1.54, 1.807) is 18.3 Å². The summed E-state index contributed by atoms with van der Waals surface area (Å²) in [6, 6.07) is 24.2. The zero-order valence-electron chi connectivity index (χ0n) is 33.4. The van der Waals surface area contributed by atoms with E-state index in [0.717, 1.165) is 62.6 Å². The third kappa shape index (κ3) is 14.3. The maximum absolute atomic E-state index is 13.2. The Morgan fingerprint density at radius 2 is 1.57 bits per heavy atom. The quantitative estimate of drug-likeness (QED) is 0.0347. The van der Waals surface area contributed by atoms with E-state index < -0.39 is 12.4 Å². The van der Waals surface area contributed by atoms with Crippen LogP contribution >= 0.6 is 0 Å². The van der Waals surface area contributed by atoms with Gasteiger partial charge in [0.05, 0.1) is 20.1 Å². The van der Waals surface area contributed by atoms with Crippen molar-refractivity contribution in [3.05, 3.63) is 124 Å². The predicted molar refractivity (Wildman–Crippen MR) is 225 cm³/mol. The van der Waals surface area contributed by atoms with Crippen molar-refractivity contribution >= 4 is 23.0 Å². The number of nitrogens with zero attached hydrogens (tertiary/aromatic N) is 1. The number of phenols is 1. The second kappa shape index (κ2) is 23.3. The van der Waals surface area contributed by atoms with Crippen LogP contribution in [0.2, 0.25) is 0 Å². The van der Waals surface area contributed by atoms with Gasteiger partial charge in [-0.3, -0.25) is 9.59 Å². The molecule has 3 aromatic carbocycles. The molecule has 300 valence electrons. The molecule has 0 fully saturated rings. The van der Waals surface area contributed by atoms with Gasteiger partial charge in [0.2, 0.25) is 0 Å². The van der Waals surface area contributed by atoms with Crippen molar-refractivity contribution in [1.29, 1.82) is 0 Å². The van der Waals surface area contributed by atoms with E-state index in [4.69, 9.17) is 10.5 Å². The average molecular weight is 764 g/mol. The lowest BCUT2D eigenvalue weighted by molar-refractivity contribution is -0.124. The fourth-order valence-corrected chi connectivity index (χ4v) is 7.60. The number of benzene rings is 3. The van der Waals surface area contributed by atoms with Crippen LogP contribution in [-0.2, 0) is 41.7 Å². The Morgan fingerprint density at radius 3 is 2.27 bits per heavy atom. The van der Waals surface area contributed by atoms with Crippen LogP contribution < -0.4 is 15.8 Å². The van der Waals surface area contributed by atoms with E-state index in [2.05, 4.69) is 65.8 Å². The molecule has 56 heavy (non-hydrogen) atoms. The Bertz CT molecular complexity index is 1880. The van der Waals surface area contributed by atoms with Gasteiger partial charge in [0.15, 0.2) is 17.3 Å². The van der Waals surface area contributed by atoms with E-state index >= 15 is 0 Å². The fraction of sp³-hybridized carbons (Fsp3) is 0.426. The highest BCUT2D eigenvalue weighted by Gasteiger charge is 2.19. The number of carbonyl (C=O) groups is 2. The number of pyridine rings is 1. The smallest absolute Gasteiger partial charge is 0.163 e. The summed E-state index contributed by atoms with van der Waals surface area (Å²) < 4.78 is 5.42. The molecule has 1 aromatic heterocycles. The second-order valence-corrected chi connectivity index (χ2v) is 15.1. The van der Waals surface area contributed by atoms with Gasteiger partial charge in [-0.2, -0.15) is 0 Å². The van der Waals surface area contributed by atoms with Crippen molar-refractivity contribution in [2.75, 3.05) is 39.6 Å². The van der Waals surface area contributed by atoms with Gasteiger partial charge in [-0.1, -0.05) is 67.9 Å². The summed E-state index contributed by atoms with van der Waals surface area (Å²) in [5.41, 5.74) is 13.4. The number of anilines is 1. The Kier molecular flexibility index (Phi) is 18.3. The second-order valence-electron chi connectivity index (χ2n) is 15.1. The summed E-state index contributed by atoms with van der Waals surface area (Å²) in [5.74, 6) is 0.916. The van der Waals surface area contributed by atoms with Gasteiger partial charge in [0.1, 0.15) is 11.6 Å². The minimum atomic E-state index is -0.453. The standard InChI is InChI=1S/C47H61N3O6/c1-33(30-49-2)22-35(15-9-21-51)14-8-16-42(53)28-43(54)25-41(32-52)44-29-46(56-3)45(55)26-39(44)24-40-31-50-47(48)27-38(40)20-19-37-13-7-12-36(23-37)18-17-34-10-5-4-6-11-34/h4-7,10-13,23,25-27,29,31,33,35,49,51-52,55H,8-9,14-22,24,28,30,32H2,1-3H3,(H2,48,50)/t33-,35+/m1/s1. The number of phenolic OH excluding ortho intramolecular Hbond substituents is 1. The number of hydrogen-bond acceptors (Lipinski definition) is 9. The lowest BCUT2D eigenvalue weighted by atomic mass is 9.87. The van der Waals surface area contributed by atoms with Crippen LogP contribution in [0.25, 0.3) is 5.57 Å². The number of aliphatic hydroxyl groups is 2. The van der Waals surface area contributed by atoms with Crippen LogP contribution in [0, 0.1) is 11.8 Å². The zero-order valence-corrected chi connectivity index (χ0v) is 33.4. The number of allylic oxidation sites excluding steroid dienone is 1. The van der Waals surface area contributed by atoms with Gasteiger partial charge in [-0.05, 0) is 152 Å². The molecule has 0 radical (unpaired) electrons. The normalized spacial score (nSPS) is 12.7. The summed E-state index contributed by atoms with van der Waals surface area (Å²) in [6.45, 7) is 2.82. The van der Waals surface area contributed by atoms with Crippen molar-refractivity contribution in [2.24, 2.45) is 11.8 Å². The van der Waals surface area contributed by atoms with Crippen LogP contribution in [-0.4, -0.2) is 65.8 Å². The SMILES string of the molecule is CNC[C@H](C)C[C@H](CCCO)CCCC(=O)CC(=O)C=C(CO)c1cc(OC)c(O)cc1Cc1cnc(N)cc1CCc1cccc(CCc2ccccc2)c1. The number of aromatic hydroxyl groups is 1. The van der Waals surface area contributed by atoms with Crippen LogP contribution in [0.1, 0.15) is 90.8 Å². The topological polar surface area (TPSA) is 155 Å². The first kappa shape index (κ1) is 43.9. The number of aromatic nitrogens is 1. The van der Waals surface area contributed by atoms with Crippen molar-refractivity contribution < 1.29 is 29.6 Å². The number of rotatable bonds is 25. The Morgan fingerprint density at radius 1 is 0.875 bits per heavy atom. The minimum absolute atomic E-state index is 0.0695. The number of methoxy groups -OCH3 is 1. The highest BCUT2D eigenvalue weighted by atomic mass is 16.5. The van der Waals surface area contributed by atoms with Gasteiger partial charge in [-0.15, -0.1) is 0 Å². The van der Waals surface area contributed by atoms with E-state index in [1.807, 2.05) is 19.2 Å². The highest BCUT2D eigenvalue weighted by molar-refractivity contribution is 6.07. The molecule has 0 unspecified atom stereocenters. The number of nitrogen functional groups attached to an aromatic ring is 1. The van der Waals surface area contributed by atoms with Crippen LogP contribution in [0.15, 0.2) is 85.1 Å². The molecule has 6 N–H and O–H groups in total. The molecule has 9 nitrogen and oxygen atoms in total. The molecule has 0 spiro atoms. The summed E-state index contributed by atoms with van der Waals surface area (Å²) >= 11 is 0. The van der Waals surface area contributed by atoms with Crippen molar-refractivity contribution in [3.63, 3.8) is 0 Å². The largest absolute Gasteiger partial charge is 0.504 e. The number of Topliss-reactive ketones (excluding diaryl/α,β-unsaturated/α-hetero) is 1. The van der Waals surface area contributed by atoms with E-state index in [0.29, 0.717) is 60.0 Å². The molecule has 9 heteroatoms. The summed E-state index contributed by atoms with van der Waals surface area (Å²) in [6.07, 6.45) is 11.1. The number of ether oxygens (including phenoxy) is 1. The zero-order chi connectivity index (χ0) is 40.3. The summed E-state index contributed by atoms with van der Waals surface area (Å²) in [4.78, 5) is 30.6. The number of aryl methyl sites for hydroxylation is 4. The van der Waals surface area contributed by atoms with Crippen LogP contribution in [0.4, 0.5) is 5.82 Å². The maximum Gasteiger partial charge on any atom is 0.163 e. The Labute approximate surface area is 333 Å². The monoisotopic (exact) mass is 763 g/mol. The first-order valence-electron chi connectivity index (χ1n) is 20.0. The lowest BCUT2D eigenvalue weighted by Crippen LogP contribution is -2.19. The Hall–Kier alpha value is -4.83. The van der Waals surface area contributed by atoms with Gasteiger partial charge >= 0.3 is 0 Å². The average Bonchev–Trinajstić information content (AvgIpc) is 3.19. The summed E-state index contributed by atoms with van der Waals surface area (Å²) in [7, 11) is 3.38.